The van der Waals surface area contributed by atoms with Gasteiger partial charge >= 0.3 is 6.09 Å². The van der Waals surface area contributed by atoms with E-state index in [9.17, 15) is 9.90 Å². The number of carbonyl (C=O) groups is 1. The van der Waals surface area contributed by atoms with Gasteiger partial charge in [0.15, 0.2) is 5.65 Å². The number of imidazole rings is 1. The van der Waals surface area contributed by atoms with E-state index < -0.39 is 12.0 Å². The minimum atomic E-state index is -1.13. The van der Waals surface area contributed by atoms with Crippen molar-refractivity contribution in [3.05, 3.63) is 35.1 Å². The van der Waals surface area contributed by atoms with Crippen LogP contribution in [0.2, 0.25) is 5.02 Å². The maximum atomic E-state index is 11.2. The molecule has 5 N–H and O–H groups in total. The molecule has 0 saturated heterocycles. The Balaban J connectivity index is 1.90. The van der Waals surface area contributed by atoms with Crippen molar-refractivity contribution in [2.45, 2.75) is 52.1 Å². The number of nitrogens with one attached hydrogen (secondary N) is 2. The SMILES string of the molecule is C[C@H](CO)Nc1nc2nc(C(=N)OC(N)=O)nc(-c3cccc(Cl)c3)c2n1C[C@H]1CC[C@H](C)CC1. The minimum absolute atomic E-state index is 0.0701. The summed E-state index contributed by atoms with van der Waals surface area (Å²) >= 11 is 6.28. The molecule has 0 bridgehead atoms. The highest BCUT2D eigenvalue weighted by atomic mass is 35.5. The third-order valence-electron chi connectivity index (χ3n) is 6.33. The molecule has 1 saturated carbocycles. The lowest BCUT2D eigenvalue weighted by Gasteiger charge is -2.27. The van der Waals surface area contributed by atoms with Crippen LogP contribution in [-0.4, -0.2) is 49.3 Å². The number of rotatable bonds is 7. The molecule has 11 heteroatoms. The van der Waals surface area contributed by atoms with Crippen LogP contribution in [0.4, 0.5) is 10.7 Å². The summed E-state index contributed by atoms with van der Waals surface area (Å²) in [4.78, 5) is 24.9. The highest BCUT2D eigenvalue weighted by molar-refractivity contribution is 6.30. The number of halogens is 1. The lowest BCUT2D eigenvalue weighted by molar-refractivity contribution is 0.207. The minimum Gasteiger partial charge on any atom is -0.394 e. The van der Waals surface area contributed by atoms with Crippen molar-refractivity contribution in [2.75, 3.05) is 11.9 Å². The average Bonchev–Trinajstić information content (AvgIpc) is 3.16. The molecule has 1 atom stereocenters. The first-order chi connectivity index (χ1) is 16.7. The number of aliphatic hydroxyl groups excluding tert-OH is 1. The van der Waals surface area contributed by atoms with Crippen molar-refractivity contribution in [1.29, 1.82) is 5.41 Å². The molecule has 10 nitrogen and oxygen atoms in total. The van der Waals surface area contributed by atoms with Crippen LogP contribution >= 0.6 is 11.6 Å². The summed E-state index contributed by atoms with van der Waals surface area (Å²) in [6.45, 7) is 4.78. The van der Waals surface area contributed by atoms with Gasteiger partial charge in [0.2, 0.25) is 11.8 Å². The Morgan fingerprint density at radius 2 is 2.06 bits per heavy atom. The Bertz CT molecular complexity index is 1240. The van der Waals surface area contributed by atoms with Crippen molar-refractivity contribution >= 4 is 40.7 Å². The second kappa shape index (κ2) is 10.6. The number of hydrogen-bond acceptors (Lipinski definition) is 8. The maximum absolute atomic E-state index is 11.2. The van der Waals surface area contributed by atoms with Gasteiger partial charge < -0.3 is 25.5 Å². The summed E-state index contributed by atoms with van der Waals surface area (Å²) in [7, 11) is 0. The van der Waals surface area contributed by atoms with Gasteiger partial charge in [0.1, 0.15) is 11.2 Å². The fourth-order valence-electron chi connectivity index (χ4n) is 4.44. The lowest BCUT2D eigenvalue weighted by atomic mass is 9.83. The first kappa shape index (κ1) is 24.9. The van der Waals surface area contributed by atoms with E-state index in [0.717, 1.165) is 18.8 Å². The molecule has 3 aromatic rings. The van der Waals surface area contributed by atoms with E-state index in [-0.39, 0.29) is 18.5 Å². The third-order valence-corrected chi connectivity index (χ3v) is 6.57. The molecule has 2 heterocycles. The zero-order valence-corrected chi connectivity index (χ0v) is 20.5. The van der Waals surface area contributed by atoms with Crippen molar-refractivity contribution < 1.29 is 14.6 Å². The van der Waals surface area contributed by atoms with Gasteiger partial charge in [0.25, 0.3) is 5.90 Å². The molecule has 0 unspecified atom stereocenters. The average molecular weight is 500 g/mol. The number of carbonyl (C=O) groups excluding carboxylic acids is 1. The van der Waals surface area contributed by atoms with Gasteiger partial charge in [-0.25, -0.2) is 14.8 Å². The summed E-state index contributed by atoms with van der Waals surface area (Å²) in [5, 5.41) is 21.5. The van der Waals surface area contributed by atoms with Crippen LogP contribution in [0.25, 0.3) is 22.4 Å². The van der Waals surface area contributed by atoms with E-state index in [1.54, 1.807) is 12.1 Å². The third kappa shape index (κ3) is 5.71. The summed E-state index contributed by atoms with van der Waals surface area (Å²) in [6, 6.07) is 6.97. The van der Waals surface area contributed by atoms with Crippen LogP contribution in [0, 0.1) is 17.2 Å². The summed E-state index contributed by atoms with van der Waals surface area (Å²) in [6.07, 6.45) is 3.45. The molecule has 1 amide bonds. The molecule has 2 aromatic heterocycles. The molecule has 1 fully saturated rings. The van der Waals surface area contributed by atoms with Gasteiger partial charge in [-0.05, 0) is 43.7 Å². The Morgan fingerprint density at radius 3 is 2.71 bits per heavy atom. The fraction of sp³-hybridized carbons (Fsp3) is 0.458. The monoisotopic (exact) mass is 499 g/mol. The Kier molecular flexibility index (Phi) is 7.51. The molecule has 1 aliphatic carbocycles. The van der Waals surface area contributed by atoms with Gasteiger partial charge in [0.05, 0.1) is 6.61 Å². The first-order valence-corrected chi connectivity index (χ1v) is 12.1. The van der Waals surface area contributed by atoms with Crippen LogP contribution in [0.1, 0.15) is 45.4 Å². The Hall–Kier alpha value is -3.24. The number of nitrogens with two attached hydrogens (primary N) is 1. The fourth-order valence-corrected chi connectivity index (χ4v) is 4.64. The Morgan fingerprint density at radius 1 is 1.31 bits per heavy atom. The first-order valence-electron chi connectivity index (χ1n) is 11.7. The largest absolute Gasteiger partial charge is 0.411 e. The van der Waals surface area contributed by atoms with E-state index in [0.29, 0.717) is 45.9 Å². The van der Waals surface area contributed by atoms with Crippen molar-refractivity contribution in [3.63, 3.8) is 0 Å². The van der Waals surface area contributed by atoms with Crippen LogP contribution < -0.4 is 11.1 Å². The molecule has 186 valence electrons. The number of hydrogen-bond donors (Lipinski definition) is 4. The number of aromatic nitrogens is 4. The number of aliphatic hydroxyl groups is 1. The molecule has 1 aliphatic rings. The van der Waals surface area contributed by atoms with E-state index in [1.165, 1.54) is 12.8 Å². The summed E-state index contributed by atoms with van der Waals surface area (Å²) < 4.78 is 6.79. The van der Waals surface area contributed by atoms with Crippen molar-refractivity contribution in [2.24, 2.45) is 17.6 Å². The van der Waals surface area contributed by atoms with Crippen LogP contribution in [0.5, 0.6) is 0 Å². The van der Waals surface area contributed by atoms with E-state index in [2.05, 4.69) is 26.8 Å². The van der Waals surface area contributed by atoms with Gasteiger partial charge in [-0.2, -0.15) is 4.98 Å². The lowest BCUT2D eigenvalue weighted by Crippen LogP contribution is -2.24. The predicted molar refractivity (Wildman–Crippen MR) is 135 cm³/mol. The smallest absolute Gasteiger partial charge is 0.394 e. The van der Waals surface area contributed by atoms with Gasteiger partial charge in [-0.1, -0.05) is 43.5 Å². The topological polar surface area (TPSA) is 152 Å². The number of benzene rings is 1. The van der Waals surface area contributed by atoms with E-state index in [1.807, 2.05) is 19.1 Å². The number of anilines is 1. The summed E-state index contributed by atoms with van der Waals surface area (Å²) in [5.74, 6) is 1.04. The molecule has 1 aromatic carbocycles. The molecule has 0 radical (unpaired) electrons. The predicted octanol–water partition coefficient (Wildman–Crippen LogP) is 4.19. The number of fused-ring (bicyclic) bond motifs is 1. The van der Waals surface area contributed by atoms with Gasteiger partial charge in [-0.15, -0.1) is 0 Å². The quantitative estimate of drug-likeness (QED) is 0.281. The molecular formula is C24H30ClN7O3. The van der Waals surface area contributed by atoms with Crippen LogP contribution in [0.15, 0.2) is 24.3 Å². The molecular weight excluding hydrogens is 470 g/mol. The normalized spacial score (nSPS) is 18.9. The number of nitrogens with zero attached hydrogens (tertiary/aromatic N) is 4. The van der Waals surface area contributed by atoms with E-state index >= 15 is 0 Å². The molecule has 0 aliphatic heterocycles. The van der Waals surface area contributed by atoms with Crippen molar-refractivity contribution in [1.82, 2.24) is 19.5 Å². The summed E-state index contributed by atoms with van der Waals surface area (Å²) in [5.41, 5.74) is 7.32. The number of amides is 1. The molecule has 4 rings (SSSR count). The second-order valence-corrected chi connectivity index (χ2v) is 9.66. The van der Waals surface area contributed by atoms with Crippen LogP contribution in [0.3, 0.4) is 0 Å². The zero-order chi connectivity index (χ0) is 25.1. The highest BCUT2D eigenvalue weighted by Crippen LogP contribution is 2.35. The standard InChI is InChI=1S/C24H30ClN7O3/c1-13-6-8-15(9-7-13)11-32-19-18(16-4-3-5-17(25)10-16)29-22(20(26)35-23(27)34)30-21(19)31-24(32)28-14(2)12-33/h3-5,10,13-15,26,33H,6-9,11-12H2,1-2H3,(H2,27,34)(H,28,29,30,31)/t13-,14-,15-/m1/s1. The zero-order valence-electron chi connectivity index (χ0n) is 19.8. The number of primary amides is 1. The second-order valence-electron chi connectivity index (χ2n) is 9.23. The van der Waals surface area contributed by atoms with Gasteiger partial charge in [-0.3, -0.25) is 5.41 Å². The number of ether oxygens (including phenoxy) is 1. The Labute approximate surface area is 208 Å². The molecule has 35 heavy (non-hydrogen) atoms. The highest BCUT2D eigenvalue weighted by Gasteiger charge is 2.26. The van der Waals surface area contributed by atoms with Crippen LogP contribution in [-0.2, 0) is 11.3 Å². The maximum Gasteiger partial charge on any atom is 0.411 e. The molecule has 0 spiro atoms. The van der Waals surface area contributed by atoms with E-state index in [4.69, 9.17) is 32.5 Å². The van der Waals surface area contributed by atoms with Gasteiger partial charge in [0, 0.05) is 23.2 Å². The van der Waals surface area contributed by atoms with Crippen molar-refractivity contribution in [3.8, 4) is 11.3 Å².